The van der Waals surface area contributed by atoms with Crippen molar-refractivity contribution in [3.05, 3.63) is 29.8 Å². The van der Waals surface area contributed by atoms with E-state index in [4.69, 9.17) is 5.11 Å². The molecular weight excluding hydrogens is 216 g/mol. The number of amides is 1. The zero-order valence-corrected chi connectivity index (χ0v) is 8.49. The largest absolute Gasteiger partial charge is 0.396 e. The van der Waals surface area contributed by atoms with E-state index >= 15 is 0 Å². The maximum Gasteiger partial charge on any atom is 0.227 e. The Balaban J connectivity index is 2.24. The topological polar surface area (TPSA) is 40.5 Å². The van der Waals surface area contributed by atoms with Crippen molar-refractivity contribution < 1.29 is 18.7 Å². The normalized spacial score (nSPS) is 20.6. The van der Waals surface area contributed by atoms with Crippen LogP contribution in [0.4, 0.5) is 14.5 Å². The summed E-state index contributed by atoms with van der Waals surface area (Å²) in [7, 11) is 0. The molecule has 0 saturated carbocycles. The van der Waals surface area contributed by atoms with Gasteiger partial charge in [-0.05, 0) is 12.1 Å². The molecule has 1 aliphatic heterocycles. The van der Waals surface area contributed by atoms with Crippen molar-refractivity contribution in [3.63, 3.8) is 0 Å². The summed E-state index contributed by atoms with van der Waals surface area (Å²) in [4.78, 5) is 12.9. The first-order valence-electron chi connectivity index (χ1n) is 4.98. The van der Waals surface area contributed by atoms with Crippen LogP contribution in [0.25, 0.3) is 0 Å². The number of benzene rings is 1. The van der Waals surface area contributed by atoms with E-state index < -0.39 is 11.6 Å². The zero-order chi connectivity index (χ0) is 11.7. The molecular formula is C11H11F2NO2. The molecule has 1 aliphatic rings. The van der Waals surface area contributed by atoms with Crippen LogP contribution in [0.5, 0.6) is 0 Å². The number of rotatable bonds is 2. The van der Waals surface area contributed by atoms with Crippen LogP contribution in [0.3, 0.4) is 0 Å². The van der Waals surface area contributed by atoms with E-state index in [1.54, 1.807) is 0 Å². The highest BCUT2D eigenvalue weighted by Crippen LogP contribution is 2.25. The Morgan fingerprint density at radius 1 is 1.38 bits per heavy atom. The third kappa shape index (κ3) is 1.90. The SMILES string of the molecule is O=C1CC(CO)CN1c1ccc(F)c(F)c1. The summed E-state index contributed by atoms with van der Waals surface area (Å²) >= 11 is 0. The fourth-order valence-corrected chi connectivity index (χ4v) is 1.81. The molecule has 0 aromatic heterocycles. The Morgan fingerprint density at radius 3 is 2.69 bits per heavy atom. The van der Waals surface area contributed by atoms with Crippen LogP contribution in [0.1, 0.15) is 6.42 Å². The first kappa shape index (κ1) is 11.0. The molecule has 1 amide bonds. The van der Waals surface area contributed by atoms with Crippen molar-refractivity contribution in [1.29, 1.82) is 0 Å². The molecule has 1 atom stereocenters. The molecule has 3 nitrogen and oxygen atoms in total. The fourth-order valence-electron chi connectivity index (χ4n) is 1.81. The number of carbonyl (C=O) groups is 1. The Kier molecular flexibility index (Phi) is 2.87. The quantitative estimate of drug-likeness (QED) is 0.827. The van der Waals surface area contributed by atoms with E-state index in [1.807, 2.05) is 0 Å². The van der Waals surface area contributed by atoms with Gasteiger partial charge in [-0.25, -0.2) is 8.78 Å². The predicted octanol–water partition coefficient (Wildman–Crippen LogP) is 1.31. The van der Waals surface area contributed by atoms with Crippen LogP contribution in [0, 0.1) is 17.6 Å². The number of hydrogen-bond donors (Lipinski definition) is 1. The number of carbonyl (C=O) groups excluding carboxylic acids is 1. The Bertz CT molecular complexity index is 422. The summed E-state index contributed by atoms with van der Waals surface area (Å²) in [6.07, 6.45) is 0.246. The highest BCUT2D eigenvalue weighted by atomic mass is 19.2. The van der Waals surface area contributed by atoms with E-state index in [2.05, 4.69) is 0 Å². The van der Waals surface area contributed by atoms with Gasteiger partial charge in [0.1, 0.15) is 0 Å². The summed E-state index contributed by atoms with van der Waals surface area (Å²) in [5.74, 6) is -2.21. The fraction of sp³-hybridized carbons (Fsp3) is 0.364. The second-order valence-corrected chi connectivity index (χ2v) is 3.86. The molecule has 1 aromatic rings. The van der Waals surface area contributed by atoms with Gasteiger partial charge in [-0.1, -0.05) is 0 Å². The number of aliphatic hydroxyl groups is 1. The van der Waals surface area contributed by atoms with Crippen LogP contribution >= 0.6 is 0 Å². The highest BCUT2D eigenvalue weighted by Gasteiger charge is 2.30. The molecule has 0 bridgehead atoms. The Hall–Kier alpha value is -1.49. The van der Waals surface area contributed by atoms with Gasteiger partial charge in [0.2, 0.25) is 5.91 Å². The number of aliphatic hydroxyl groups excluding tert-OH is 1. The van der Waals surface area contributed by atoms with E-state index in [0.717, 1.165) is 12.1 Å². The zero-order valence-electron chi connectivity index (χ0n) is 8.49. The Morgan fingerprint density at radius 2 is 2.12 bits per heavy atom. The number of hydrogen-bond acceptors (Lipinski definition) is 2. The molecule has 86 valence electrons. The molecule has 1 fully saturated rings. The van der Waals surface area contributed by atoms with E-state index in [9.17, 15) is 13.6 Å². The standard InChI is InChI=1S/C11H11F2NO2/c12-9-2-1-8(4-10(9)13)14-5-7(6-15)3-11(14)16/h1-2,4,7,15H,3,5-6H2. The van der Waals surface area contributed by atoms with Gasteiger partial charge in [-0.15, -0.1) is 0 Å². The molecule has 0 spiro atoms. The predicted molar refractivity (Wildman–Crippen MR) is 53.9 cm³/mol. The van der Waals surface area contributed by atoms with Crippen LogP contribution in [0.15, 0.2) is 18.2 Å². The molecule has 1 aromatic carbocycles. The maximum absolute atomic E-state index is 13.0. The summed E-state index contributed by atoms with van der Waals surface area (Å²) in [6, 6.07) is 3.34. The van der Waals surface area contributed by atoms with Gasteiger partial charge in [0.25, 0.3) is 0 Å². The number of nitrogens with zero attached hydrogens (tertiary/aromatic N) is 1. The van der Waals surface area contributed by atoms with Gasteiger partial charge < -0.3 is 10.0 Å². The van der Waals surface area contributed by atoms with Crippen molar-refractivity contribution >= 4 is 11.6 Å². The second kappa shape index (κ2) is 4.17. The van der Waals surface area contributed by atoms with Crippen LogP contribution in [0.2, 0.25) is 0 Å². The minimum atomic E-state index is -0.974. The van der Waals surface area contributed by atoms with E-state index in [-0.39, 0.29) is 24.9 Å². The minimum absolute atomic E-state index is 0.0775. The van der Waals surface area contributed by atoms with Gasteiger partial charge >= 0.3 is 0 Å². The summed E-state index contributed by atoms with van der Waals surface area (Å²) in [5, 5.41) is 8.93. The van der Waals surface area contributed by atoms with Gasteiger partial charge in [-0.2, -0.15) is 0 Å². The average Bonchev–Trinajstić information content (AvgIpc) is 2.64. The first-order chi connectivity index (χ1) is 7.61. The molecule has 2 rings (SSSR count). The minimum Gasteiger partial charge on any atom is -0.396 e. The molecule has 1 unspecified atom stereocenters. The lowest BCUT2D eigenvalue weighted by Gasteiger charge is -2.16. The summed E-state index contributed by atoms with van der Waals surface area (Å²) in [6.45, 7) is 0.270. The summed E-state index contributed by atoms with van der Waals surface area (Å²) in [5.41, 5.74) is 0.333. The first-order valence-corrected chi connectivity index (χ1v) is 4.98. The molecule has 0 radical (unpaired) electrons. The molecule has 16 heavy (non-hydrogen) atoms. The Labute approximate surface area is 91.3 Å². The van der Waals surface area contributed by atoms with Gasteiger partial charge in [0.15, 0.2) is 11.6 Å². The van der Waals surface area contributed by atoms with Gasteiger partial charge in [-0.3, -0.25) is 4.79 Å². The van der Waals surface area contributed by atoms with Gasteiger partial charge in [0, 0.05) is 37.2 Å². The third-order valence-electron chi connectivity index (χ3n) is 2.68. The molecule has 1 saturated heterocycles. The lowest BCUT2D eigenvalue weighted by atomic mass is 10.1. The van der Waals surface area contributed by atoms with Crippen LogP contribution in [-0.2, 0) is 4.79 Å². The molecule has 1 N–H and O–H groups in total. The monoisotopic (exact) mass is 227 g/mol. The number of anilines is 1. The second-order valence-electron chi connectivity index (χ2n) is 3.86. The van der Waals surface area contributed by atoms with Crippen LogP contribution < -0.4 is 4.90 Å². The maximum atomic E-state index is 13.0. The van der Waals surface area contributed by atoms with Crippen molar-refractivity contribution in [1.82, 2.24) is 0 Å². The van der Waals surface area contributed by atoms with E-state index in [0.29, 0.717) is 12.2 Å². The third-order valence-corrected chi connectivity index (χ3v) is 2.68. The smallest absolute Gasteiger partial charge is 0.227 e. The average molecular weight is 227 g/mol. The van der Waals surface area contributed by atoms with Gasteiger partial charge in [0.05, 0.1) is 0 Å². The van der Waals surface area contributed by atoms with Crippen molar-refractivity contribution in [2.24, 2.45) is 5.92 Å². The summed E-state index contributed by atoms with van der Waals surface area (Å²) < 4.78 is 25.7. The lowest BCUT2D eigenvalue weighted by Crippen LogP contribution is -2.25. The highest BCUT2D eigenvalue weighted by molar-refractivity contribution is 5.95. The molecule has 5 heteroatoms. The van der Waals surface area contributed by atoms with E-state index in [1.165, 1.54) is 11.0 Å². The van der Waals surface area contributed by atoms with Crippen LogP contribution in [-0.4, -0.2) is 24.2 Å². The molecule has 0 aliphatic carbocycles. The van der Waals surface area contributed by atoms with Crippen molar-refractivity contribution in [2.75, 3.05) is 18.1 Å². The molecule has 1 heterocycles. The lowest BCUT2D eigenvalue weighted by molar-refractivity contribution is -0.117. The van der Waals surface area contributed by atoms with Crippen molar-refractivity contribution in [2.45, 2.75) is 6.42 Å². The number of halogens is 2. The van der Waals surface area contributed by atoms with Crippen molar-refractivity contribution in [3.8, 4) is 0 Å².